The van der Waals surface area contributed by atoms with Crippen molar-refractivity contribution in [2.75, 3.05) is 0 Å². The molecule has 0 atom stereocenters. The minimum atomic E-state index is -1.37. The van der Waals surface area contributed by atoms with Gasteiger partial charge in [-0.3, -0.25) is 0 Å². The van der Waals surface area contributed by atoms with Gasteiger partial charge in [-0.25, -0.2) is 0 Å². The van der Waals surface area contributed by atoms with Crippen molar-refractivity contribution in [2.24, 2.45) is 0 Å². The molecule has 2 heteroatoms. The molecule has 0 spiro atoms. The van der Waals surface area contributed by atoms with Crippen LogP contribution in [0.5, 0.6) is 0 Å². The van der Waals surface area contributed by atoms with Crippen molar-refractivity contribution >= 4 is 52.8 Å². The second-order valence-corrected chi connectivity index (χ2v) is 9.48. The minimum Gasteiger partial charge on any atom is 0 e. The summed E-state index contributed by atoms with van der Waals surface area (Å²) >= 11 is -1.37. The Bertz CT molecular complexity index is 659. The van der Waals surface area contributed by atoms with Crippen LogP contribution in [0.15, 0.2) is 72.8 Å². The summed E-state index contributed by atoms with van der Waals surface area (Å²) in [5, 5.41) is 2.79. The maximum absolute atomic E-state index is 2.44. The maximum atomic E-state index is 2.44. The predicted molar refractivity (Wildman–Crippen MR) is 87.0 cm³/mol. The van der Waals surface area contributed by atoms with Gasteiger partial charge in [-0.1, -0.05) is 0 Å². The van der Waals surface area contributed by atoms with Gasteiger partial charge in [0, 0.05) is 18.9 Å². The monoisotopic (exact) mass is 300 g/mol. The first kappa shape index (κ1) is 14.5. The van der Waals surface area contributed by atoms with Crippen molar-refractivity contribution in [3.8, 4) is 0 Å². The number of rotatable bonds is 2. The van der Waals surface area contributed by atoms with Crippen LogP contribution in [-0.2, 0) is 0 Å². The maximum Gasteiger partial charge on any atom is 0 e. The largest absolute Gasteiger partial charge is 0 e. The molecule has 0 amide bonds. The van der Waals surface area contributed by atoms with E-state index in [1.165, 1.54) is 15.2 Å². The molecule has 0 heterocycles. The smallest absolute Gasteiger partial charge is 0 e. The second-order valence-electron chi connectivity index (χ2n) is 4.52. The fourth-order valence-corrected chi connectivity index (χ4v) is 6.55. The third kappa shape index (κ3) is 2.98. The Labute approximate surface area is 131 Å². The molecular weight excluding hydrogens is 284 g/mol. The zero-order valence-corrected chi connectivity index (χ0v) is 13.5. The summed E-state index contributed by atoms with van der Waals surface area (Å²) in [6.07, 6.45) is 0. The SMILES string of the molecule is [CH3][Ge]([c]1ccccc1)[c]1cccc2ccccc12.[Li]. The van der Waals surface area contributed by atoms with Crippen LogP contribution in [0, 0.1) is 0 Å². The van der Waals surface area contributed by atoms with Gasteiger partial charge in [0.15, 0.2) is 0 Å². The normalized spacial score (nSPS) is 10.4. The standard InChI is InChI=1S/C17H15Ge.Li/c1-18(15-10-3-2-4-11-15)17-13-7-9-14-8-5-6-12-16(14)17;/h2-13H,1H3;. The van der Waals surface area contributed by atoms with E-state index in [4.69, 9.17) is 0 Å². The van der Waals surface area contributed by atoms with Crippen LogP contribution in [0.3, 0.4) is 0 Å². The van der Waals surface area contributed by atoms with Crippen LogP contribution in [0.25, 0.3) is 10.8 Å². The first-order valence-electron chi connectivity index (χ1n) is 6.23. The molecule has 3 rings (SSSR count). The van der Waals surface area contributed by atoms with Gasteiger partial charge in [-0.05, 0) is 0 Å². The summed E-state index contributed by atoms with van der Waals surface area (Å²) in [6, 6.07) is 26.4. The molecule has 3 aromatic rings. The first-order chi connectivity index (χ1) is 8.86. The van der Waals surface area contributed by atoms with Gasteiger partial charge in [0.25, 0.3) is 0 Å². The summed E-state index contributed by atoms with van der Waals surface area (Å²) in [7, 11) is 0. The predicted octanol–water partition coefficient (Wildman–Crippen LogP) is 2.70. The van der Waals surface area contributed by atoms with Gasteiger partial charge >= 0.3 is 112 Å². The Morgan fingerprint density at radius 1 is 0.684 bits per heavy atom. The zero-order valence-electron chi connectivity index (χ0n) is 11.4. The van der Waals surface area contributed by atoms with Crippen molar-refractivity contribution in [1.29, 1.82) is 0 Å². The molecule has 0 bridgehead atoms. The van der Waals surface area contributed by atoms with Gasteiger partial charge in [-0.2, -0.15) is 0 Å². The average Bonchev–Trinajstić information content (AvgIpc) is 2.47. The molecular formula is C17H15GeLi. The van der Waals surface area contributed by atoms with E-state index in [0.29, 0.717) is 0 Å². The Morgan fingerprint density at radius 2 is 1.32 bits per heavy atom. The third-order valence-corrected chi connectivity index (χ3v) is 8.53. The number of hydrogen-bond acceptors (Lipinski definition) is 0. The van der Waals surface area contributed by atoms with Crippen molar-refractivity contribution in [3.05, 3.63) is 72.8 Å². The van der Waals surface area contributed by atoms with Crippen LogP contribution < -0.4 is 8.79 Å². The number of benzene rings is 3. The molecule has 0 N–H and O–H groups in total. The van der Waals surface area contributed by atoms with Crippen molar-refractivity contribution in [1.82, 2.24) is 0 Å². The first-order valence-corrected chi connectivity index (χ1v) is 10.4. The van der Waals surface area contributed by atoms with Gasteiger partial charge in [0.2, 0.25) is 0 Å². The van der Waals surface area contributed by atoms with E-state index in [2.05, 4.69) is 78.6 Å². The molecule has 88 valence electrons. The van der Waals surface area contributed by atoms with Crippen molar-refractivity contribution < 1.29 is 0 Å². The molecule has 0 aliphatic carbocycles. The van der Waals surface area contributed by atoms with Crippen LogP contribution in [-0.4, -0.2) is 33.2 Å². The molecule has 0 saturated heterocycles. The summed E-state index contributed by atoms with van der Waals surface area (Å²) in [5.74, 6) is 2.44. The fraction of sp³-hybridized carbons (Fsp3) is 0.0588. The molecule has 0 saturated carbocycles. The Hall–Kier alpha value is -0.940. The molecule has 0 fully saturated rings. The average molecular weight is 299 g/mol. The van der Waals surface area contributed by atoms with Crippen LogP contribution in [0.4, 0.5) is 0 Å². The molecule has 3 aromatic carbocycles. The molecule has 0 aliphatic heterocycles. The van der Waals surface area contributed by atoms with Crippen LogP contribution in [0.1, 0.15) is 0 Å². The molecule has 0 aromatic heterocycles. The Balaban J connectivity index is 0.00000133. The van der Waals surface area contributed by atoms with Gasteiger partial charge < -0.3 is 0 Å². The summed E-state index contributed by atoms with van der Waals surface area (Å²) < 4.78 is 3.10. The van der Waals surface area contributed by atoms with E-state index in [1.54, 1.807) is 4.40 Å². The van der Waals surface area contributed by atoms with Gasteiger partial charge in [0.1, 0.15) is 0 Å². The number of fused-ring (bicyclic) bond motifs is 1. The molecule has 0 unspecified atom stereocenters. The molecule has 0 nitrogen and oxygen atoms in total. The van der Waals surface area contributed by atoms with E-state index in [-0.39, 0.29) is 18.9 Å². The Morgan fingerprint density at radius 3 is 2.11 bits per heavy atom. The van der Waals surface area contributed by atoms with E-state index >= 15 is 0 Å². The van der Waals surface area contributed by atoms with E-state index < -0.39 is 14.3 Å². The van der Waals surface area contributed by atoms with Crippen molar-refractivity contribution in [2.45, 2.75) is 5.76 Å². The third-order valence-electron chi connectivity index (χ3n) is 3.40. The summed E-state index contributed by atoms with van der Waals surface area (Å²) in [4.78, 5) is 0. The van der Waals surface area contributed by atoms with Crippen LogP contribution >= 0.6 is 0 Å². The summed E-state index contributed by atoms with van der Waals surface area (Å²) in [6.45, 7) is 0. The second kappa shape index (κ2) is 6.48. The summed E-state index contributed by atoms with van der Waals surface area (Å²) in [5.41, 5.74) is 0. The molecule has 2 radical (unpaired) electrons. The quantitative estimate of drug-likeness (QED) is 0.638. The zero-order chi connectivity index (χ0) is 12.4. The van der Waals surface area contributed by atoms with Gasteiger partial charge in [0.05, 0.1) is 0 Å². The van der Waals surface area contributed by atoms with Gasteiger partial charge in [-0.15, -0.1) is 0 Å². The fourth-order valence-electron chi connectivity index (χ4n) is 2.40. The van der Waals surface area contributed by atoms with Crippen LogP contribution in [0.2, 0.25) is 5.76 Å². The minimum absolute atomic E-state index is 0. The van der Waals surface area contributed by atoms with Crippen molar-refractivity contribution in [3.63, 3.8) is 0 Å². The Kier molecular flexibility index (Phi) is 4.93. The van der Waals surface area contributed by atoms with E-state index in [0.717, 1.165) is 0 Å². The molecule has 19 heavy (non-hydrogen) atoms. The number of hydrogen-bond donors (Lipinski definition) is 0. The topological polar surface area (TPSA) is 0 Å². The molecule has 0 aliphatic rings. The van der Waals surface area contributed by atoms with E-state index in [1.807, 2.05) is 0 Å². The van der Waals surface area contributed by atoms with E-state index in [9.17, 15) is 0 Å².